The van der Waals surface area contributed by atoms with Crippen LogP contribution in [0.3, 0.4) is 0 Å². The van der Waals surface area contributed by atoms with Crippen LogP contribution in [0.5, 0.6) is 11.5 Å². The second kappa shape index (κ2) is 8.56. The van der Waals surface area contributed by atoms with Crippen LogP contribution >= 0.6 is 0 Å². The number of para-hydroxylation sites is 1. The van der Waals surface area contributed by atoms with Crippen molar-refractivity contribution in [2.75, 3.05) is 13.7 Å². The van der Waals surface area contributed by atoms with Crippen LogP contribution < -0.4 is 14.8 Å². The third kappa shape index (κ3) is 4.98. The first-order chi connectivity index (χ1) is 11.1. The number of hydrogen-bond donors (Lipinski definition) is 2. The molecule has 0 bridgehead atoms. The van der Waals surface area contributed by atoms with Crippen molar-refractivity contribution in [2.45, 2.75) is 33.1 Å². The number of aryl methyl sites for hydroxylation is 1. The molecule has 4 nitrogen and oxygen atoms in total. The van der Waals surface area contributed by atoms with Crippen molar-refractivity contribution in [3.63, 3.8) is 0 Å². The summed E-state index contributed by atoms with van der Waals surface area (Å²) in [6.45, 7) is 5.48. The summed E-state index contributed by atoms with van der Waals surface area (Å²) in [6.07, 6.45) is -0.378. The van der Waals surface area contributed by atoms with E-state index in [1.807, 2.05) is 30.3 Å². The summed E-state index contributed by atoms with van der Waals surface area (Å²) in [6, 6.07) is 14.0. The highest BCUT2D eigenvalue weighted by atomic mass is 16.5. The van der Waals surface area contributed by atoms with Crippen LogP contribution in [0, 0.1) is 6.92 Å². The van der Waals surface area contributed by atoms with Gasteiger partial charge in [-0.05, 0) is 31.0 Å². The summed E-state index contributed by atoms with van der Waals surface area (Å²) in [5, 5.41) is 12.6. The predicted molar refractivity (Wildman–Crippen MR) is 91.9 cm³/mol. The van der Waals surface area contributed by atoms with E-state index in [-0.39, 0.29) is 6.10 Å². The predicted octanol–water partition coefficient (Wildman–Crippen LogP) is 3.05. The van der Waals surface area contributed by atoms with Gasteiger partial charge < -0.3 is 19.9 Å². The number of aliphatic hydroxyl groups excluding tert-OH is 1. The van der Waals surface area contributed by atoms with Gasteiger partial charge >= 0.3 is 0 Å². The standard InChI is InChI=1S/C19H25NO3/c1-14-7-4-5-8-17(14)13-23-19-16(12-20-11-15(2)21)9-6-10-18(19)22-3/h4-10,15,20-21H,11-13H2,1-3H3/t15-/m0/s1. The van der Waals surface area contributed by atoms with Crippen molar-refractivity contribution in [3.05, 3.63) is 59.2 Å². The lowest BCUT2D eigenvalue weighted by Gasteiger charge is -2.16. The molecule has 0 heterocycles. The zero-order valence-corrected chi connectivity index (χ0v) is 14.0. The van der Waals surface area contributed by atoms with Gasteiger partial charge in [-0.25, -0.2) is 0 Å². The van der Waals surface area contributed by atoms with Crippen molar-refractivity contribution in [1.82, 2.24) is 5.32 Å². The average molecular weight is 315 g/mol. The number of aliphatic hydroxyl groups is 1. The van der Waals surface area contributed by atoms with E-state index in [9.17, 15) is 5.11 Å². The minimum Gasteiger partial charge on any atom is -0.493 e. The Morgan fingerprint density at radius 2 is 1.83 bits per heavy atom. The van der Waals surface area contributed by atoms with Gasteiger partial charge in [0.25, 0.3) is 0 Å². The monoisotopic (exact) mass is 315 g/mol. The molecule has 0 saturated heterocycles. The van der Waals surface area contributed by atoms with Gasteiger partial charge in [0.2, 0.25) is 0 Å². The third-order valence-electron chi connectivity index (χ3n) is 3.67. The molecule has 0 spiro atoms. The van der Waals surface area contributed by atoms with Crippen LogP contribution in [0.15, 0.2) is 42.5 Å². The first kappa shape index (κ1) is 17.3. The maximum atomic E-state index is 9.36. The Labute approximate surface area is 138 Å². The molecular formula is C19H25NO3. The summed E-state index contributed by atoms with van der Waals surface area (Å²) in [4.78, 5) is 0. The topological polar surface area (TPSA) is 50.7 Å². The number of hydrogen-bond acceptors (Lipinski definition) is 4. The van der Waals surface area contributed by atoms with Crippen molar-refractivity contribution >= 4 is 0 Å². The maximum Gasteiger partial charge on any atom is 0.166 e. The summed E-state index contributed by atoms with van der Waals surface area (Å²) in [5.74, 6) is 1.46. The van der Waals surface area contributed by atoms with Crippen molar-refractivity contribution in [1.29, 1.82) is 0 Å². The molecule has 0 radical (unpaired) electrons. The van der Waals surface area contributed by atoms with Crippen LogP contribution in [0.1, 0.15) is 23.6 Å². The number of methoxy groups -OCH3 is 1. The second-order valence-electron chi connectivity index (χ2n) is 5.64. The molecule has 2 N–H and O–H groups in total. The molecule has 0 amide bonds. The normalized spacial score (nSPS) is 12.0. The largest absolute Gasteiger partial charge is 0.493 e. The van der Waals surface area contributed by atoms with Crippen LogP contribution in [-0.2, 0) is 13.2 Å². The molecule has 0 aliphatic carbocycles. The van der Waals surface area contributed by atoms with Gasteiger partial charge in [-0.2, -0.15) is 0 Å². The average Bonchev–Trinajstić information content (AvgIpc) is 2.54. The van der Waals surface area contributed by atoms with Crippen molar-refractivity contribution in [3.8, 4) is 11.5 Å². The van der Waals surface area contributed by atoms with Gasteiger partial charge in [0.05, 0.1) is 13.2 Å². The Morgan fingerprint density at radius 1 is 1.09 bits per heavy atom. The van der Waals surface area contributed by atoms with E-state index >= 15 is 0 Å². The Kier molecular flexibility index (Phi) is 6.44. The highest BCUT2D eigenvalue weighted by molar-refractivity contribution is 5.46. The molecule has 0 aliphatic heterocycles. The number of rotatable bonds is 8. The molecule has 0 aromatic heterocycles. The maximum absolute atomic E-state index is 9.36. The fourth-order valence-corrected chi connectivity index (χ4v) is 2.36. The molecule has 0 unspecified atom stereocenters. The molecule has 4 heteroatoms. The Morgan fingerprint density at radius 3 is 2.52 bits per heavy atom. The van der Waals surface area contributed by atoms with Gasteiger partial charge in [0, 0.05) is 18.7 Å². The van der Waals surface area contributed by atoms with E-state index < -0.39 is 0 Å². The molecule has 2 rings (SSSR count). The minimum atomic E-state index is -0.378. The minimum absolute atomic E-state index is 0.378. The van der Waals surface area contributed by atoms with E-state index in [0.717, 1.165) is 22.6 Å². The fourth-order valence-electron chi connectivity index (χ4n) is 2.36. The van der Waals surface area contributed by atoms with Crippen LogP contribution in [0.4, 0.5) is 0 Å². The Hall–Kier alpha value is -2.04. The molecule has 2 aromatic carbocycles. The zero-order valence-electron chi connectivity index (χ0n) is 14.0. The van der Waals surface area contributed by atoms with Crippen molar-refractivity contribution in [2.24, 2.45) is 0 Å². The summed E-state index contributed by atoms with van der Waals surface area (Å²) < 4.78 is 11.5. The van der Waals surface area contributed by atoms with E-state index in [4.69, 9.17) is 9.47 Å². The van der Waals surface area contributed by atoms with E-state index in [2.05, 4.69) is 24.4 Å². The van der Waals surface area contributed by atoms with Gasteiger partial charge in [-0.1, -0.05) is 36.4 Å². The Bertz CT molecular complexity index is 626. The zero-order chi connectivity index (χ0) is 16.7. The van der Waals surface area contributed by atoms with Gasteiger partial charge in [-0.15, -0.1) is 0 Å². The first-order valence-electron chi connectivity index (χ1n) is 7.83. The molecule has 1 atom stereocenters. The summed E-state index contributed by atoms with van der Waals surface area (Å²) in [7, 11) is 1.64. The molecule has 23 heavy (non-hydrogen) atoms. The second-order valence-corrected chi connectivity index (χ2v) is 5.64. The van der Waals surface area contributed by atoms with Crippen LogP contribution in [0.2, 0.25) is 0 Å². The van der Waals surface area contributed by atoms with Crippen LogP contribution in [0.25, 0.3) is 0 Å². The number of nitrogens with one attached hydrogen (secondary N) is 1. The molecule has 124 valence electrons. The van der Waals surface area contributed by atoms with Gasteiger partial charge in [0.15, 0.2) is 11.5 Å². The van der Waals surface area contributed by atoms with E-state index in [0.29, 0.717) is 19.7 Å². The highest BCUT2D eigenvalue weighted by Gasteiger charge is 2.11. The van der Waals surface area contributed by atoms with Crippen molar-refractivity contribution < 1.29 is 14.6 Å². The third-order valence-corrected chi connectivity index (χ3v) is 3.67. The van der Waals surface area contributed by atoms with Crippen LogP contribution in [-0.4, -0.2) is 24.9 Å². The lowest BCUT2D eigenvalue weighted by atomic mass is 10.1. The van der Waals surface area contributed by atoms with Gasteiger partial charge in [-0.3, -0.25) is 0 Å². The van der Waals surface area contributed by atoms with Gasteiger partial charge in [0.1, 0.15) is 6.61 Å². The molecule has 0 fully saturated rings. The number of benzene rings is 2. The smallest absolute Gasteiger partial charge is 0.166 e. The Balaban J connectivity index is 2.13. The van der Waals surface area contributed by atoms with E-state index in [1.54, 1.807) is 14.0 Å². The SMILES string of the molecule is COc1cccc(CNC[C@H](C)O)c1OCc1ccccc1C. The summed E-state index contributed by atoms with van der Waals surface area (Å²) in [5.41, 5.74) is 3.37. The first-order valence-corrected chi connectivity index (χ1v) is 7.83. The fraction of sp³-hybridized carbons (Fsp3) is 0.368. The van der Waals surface area contributed by atoms with E-state index in [1.165, 1.54) is 5.56 Å². The lowest BCUT2D eigenvalue weighted by molar-refractivity contribution is 0.190. The molecule has 0 saturated carbocycles. The number of ether oxygens (including phenoxy) is 2. The lowest BCUT2D eigenvalue weighted by Crippen LogP contribution is -2.24. The molecular weight excluding hydrogens is 290 g/mol. The quantitative estimate of drug-likeness (QED) is 0.786. The highest BCUT2D eigenvalue weighted by Crippen LogP contribution is 2.32. The summed E-state index contributed by atoms with van der Waals surface area (Å²) >= 11 is 0. The molecule has 2 aromatic rings. The molecule has 0 aliphatic rings.